The Labute approximate surface area is 168 Å². The van der Waals surface area contributed by atoms with E-state index in [4.69, 9.17) is 4.42 Å². The van der Waals surface area contributed by atoms with E-state index in [0.29, 0.717) is 29.9 Å². The highest BCUT2D eigenvalue weighted by Gasteiger charge is 2.49. The number of benzene rings is 1. The molecule has 28 heavy (non-hydrogen) atoms. The van der Waals surface area contributed by atoms with Crippen LogP contribution in [0.4, 0.5) is 0 Å². The van der Waals surface area contributed by atoms with Crippen molar-refractivity contribution in [2.45, 2.75) is 83.7 Å². The zero-order chi connectivity index (χ0) is 20.2. The van der Waals surface area contributed by atoms with Gasteiger partial charge >= 0.3 is 0 Å². The van der Waals surface area contributed by atoms with Gasteiger partial charge in [-0.1, -0.05) is 45.9 Å². The number of Topliss-reactive ketones (excluding diaryl/α,β-unsaturated/α-hetero) is 1. The Morgan fingerprint density at radius 2 is 1.82 bits per heavy atom. The predicted molar refractivity (Wildman–Crippen MR) is 111 cm³/mol. The lowest BCUT2D eigenvalue weighted by Gasteiger charge is -2.33. The van der Waals surface area contributed by atoms with Crippen molar-refractivity contribution in [3.8, 4) is 0 Å². The van der Waals surface area contributed by atoms with Crippen LogP contribution in [0.2, 0.25) is 0 Å². The number of furan rings is 1. The molecule has 0 amide bonds. The number of ketones is 1. The van der Waals surface area contributed by atoms with Crippen LogP contribution < -0.4 is 0 Å². The maximum atomic E-state index is 13.2. The van der Waals surface area contributed by atoms with Crippen molar-refractivity contribution in [1.82, 2.24) is 0 Å². The van der Waals surface area contributed by atoms with Crippen molar-refractivity contribution in [2.75, 3.05) is 0 Å². The van der Waals surface area contributed by atoms with E-state index in [9.17, 15) is 9.90 Å². The third-order valence-corrected chi connectivity index (χ3v) is 7.01. The standard InChI is InChI=1S/C25H32O3/c1-14(2)18-7-6-8-19(15(3)4)20(18)12-22(26)23-13-21-24(28-23)16-9-10-17(11-16)25(21,5)27/h6-8,13-17,27H,9-12H2,1-5H3. The molecular formula is C25H32O3. The van der Waals surface area contributed by atoms with E-state index in [0.717, 1.165) is 36.1 Å². The van der Waals surface area contributed by atoms with E-state index in [2.05, 4.69) is 45.9 Å². The van der Waals surface area contributed by atoms with Gasteiger partial charge in [0.1, 0.15) is 5.76 Å². The number of aliphatic hydroxyl groups is 1. The van der Waals surface area contributed by atoms with Crippen LogP contribution in [-0.2, 0) is 12.0 Å². The molecule has 2 bridgehead atoms. The zero-order valence-corrected chi connectivity index (χ0v) is 17.7. The van der Waals surface area contributed by atoms with Crippen LogP contribution in [0.1, 0.15) is 110 Å². The zero-order valence-electron chi connectivity index (χ0n) is 17.7. The van der Waals surface area contributed by atoms with Gasteiger partial charge in [0.15, 0.2) is 5.76 Å². The van der Waals surface area contributed by atoms with Crippen LogP contribution in [0.25, 0.3) is 0 Å². The van der Waals surface area contributed by atoms with Gasteiger partial charge < -0.3 is 9.52 Å². The van der Waals surface area contributed by atoms with Crippen LogP contribution in [0.5, 0.6) is 0 Å². The first-order valence-corrected chi connectivity index (χ1v) is 10.7. The van der Waals surface area contributed by atoms with Gasteiger partial charge in [0.25, 0.3) is 0 Å². The van der Waals surface area contributed by atoms with Crippen molar-refractivity contribution in [1.29, 1.82) is 0 Å². The third-order valence-electron chi connectivity index (χ3n) is 7.01. The lowest BCUT2D eigenvalue weighted by Crippen LogP contribution is -2.33. The second-order valence-corrected chi connectivity index (χ2v) is 9.57. The summed E-state index contributed by atoms with van der Waals surface area (Å²) in [6.07, 6.45) is 3.40. The molecule has 150 valence electrons. The van der Waals surface area contributed by atoms with Gasteiger partial charge in [-0.3, -0.25) is 4.79 Å². The molecule has 0 radical (unpaired) electrons. The molecule has 4 rings (SSSR count). The largest absolute Gasteiger partial charge is 0.457 e. The summed E-state index contributed by atoms with van der Waals surface area (Å²) in [4.78, 5) is 13.2. The van der Waals surface area contributed by atoms with Crippen molar-refractivity contribution < 1.29 is 14.3 Å². The van der Waals surface area contributed by atoms with Crippen LogP contribution in [-0.4, -0.2) is 10.9 Å². The molecule has 0 saturated heterocycles. The van der Waals surface area contributed by atoms with E-state index in [1.807, 2.05) is 13.0 Å². The molecular weight excluding hydrogens is 348 g/mol. The van der Waals surface area contributed by atoms with Gasteiger partial charge in [0, 0.05) is 17.9 Å². The second kappa shape index (κ2) is 6.88. The Morgan fingerprint density at radius 3 is 2.43 bits per heavy atom. The SMILES string of the molecule is CC(C)c1cccc(C(C)C)c1CC(=O)c1cc2c(o1)C1CCC(C1)C2(C)O. The number of carbonyl (C=O) groups is 1. The Kier molecular flexibility index (Phi) is 4.78. The molecule has 2 aliphatic carbocycles. The first-order chi connectivity index (χ1) is 13.2. The molecule has 1 fully saturated rings. The summed E-state index contributed by atoms with van der Waals surface area (Å²) in [5.74, 6) is 2.63. The van der Waals surface area contributed by atoms with Crippen LogP contribution in [0.3, 0.4) is 0 Å². The molecule has 3 atom stereocenters. The van der Waals surface area contributed by atoms with E-state index >= 15 is 0 Å². The first kappa shape index (κ1) is 19.4. The fourth-order valence-electron chi connectivity index (χ4n) is 5.35. The molecule has 1 aromatic carbocycles. The fraction of sp³-hybridized carbons (Fsp3) is 0.560. The van der Waals surface area contributed by atoms with Gasteiger partial charge in [-0.15, -0.1) is 0 Å². The van der Waals surface area contributed by atoms with E-state index in [1.54, 1.807) is 0 Å². The summed E-state index contributed by atoms with van der Waals surface area (Å²) in [6, 6.07) is 8.19. The minimum Gasteiger partial charge on any atom is -0.457 e. The number of fused-ring (bicyclic) bond motifs is 4. The molecule has 3 unspecified atom stereocenters. The molecule has 3 heteroatoms. The van der Waals surface area contributed by atoms with Crippen molar-refractivity contribution in [3.05, 3.63) is 58.0 Å². The first-order valence-electron chi connectivity index (χ1n) is 10.7. The van der Waals surface area contributed by atoms with Gasteiger partial charge in [-0.05, 0) is 66.7 Å². The summed E-state index contributed by atoms with van der Waals surface area (Å²) in [6.45, 7) is 10.6. The minimum absolute atomic E-state index is 0.0103. The average molecular weight is 381 g/mol. The summed E-state index contributed by atoms with van der Waals surface area (Å²) in [5, 5.41) is 11.1. The van der Waals surface area contributed by atoms with E-state index < -0.39 is 5.60 Å². The quantitative estimate of drug-likeness (QED) is 0.642. The number of hydrogen-bond acceptors (Lipinski definition) is 3. The highest BCUT2D eigenvalue weighted by Crippen LogP contribution is 2.54. The molecule has 2 aromatic rings. The van der Waals surface area contributed by atoms with Crippen LogP contribution in [0, 0.1) is 5.92 Å². The monoisotopic (exact) mass is 380 g/mol. The third kappa shape index (κ3) is 3.04. The summed E-state index contributed by atoms with van der Waals surface area (Å²) in [5.41, 5.74) is 3.57. The molecule has 3 nitrogen and oxygen atoms in total. The second-order valence-electron chi connectivity index (χ2n) is 9.57. The number of carbonyl (C=O) groups excluding carboxylic acids is 1. The fourth-order valence-corrected chi connectivity index (χ4v) is 5.35. The topological polar surface area (TPSA) is 50.4 Å². The Hall–Kier alpha value is -1.87. The molecule has 1 aromatic heterocycles. The van der Waals surface area contributed by atoms with Crippen molar-refractivity contribution in [3.63, 3.8) is 0 Å². The Morgan fingerprint density at radius 1 is 1.18 bits per heavy atom. The van der Waals surface area contributed by atoms with Crippen LogP contribution >= 0.6 is 0 Å². The van der Waals surface area contributed by atoms with Crippen molar-refractivity contribution in [2.24, 2.45) is 5.92 Å². The maximum absolute atomic E-state index is 13.2. The molecule has 1 heterocycles. The summed E-state index contributed by atoms with van der Waals surface area (Å²) < 4.78 is 6.10. The lowest BCUT2D eigenvalue weighted by molar-refractivity contribution is -0.0115. The van der Waals surface area contributed by atoms with Gasteiger partial charge in [0.05, 0.1) is 5.60 Å². The van der Waals surface area contributed by atoms with Gasteiger partial charge in [-0.25, -0.2) is 0 Å². The highest BCUT2D eigenvalue weighted by atomic mass is 16.4. The minimum atomic E-state index is -0.886. The average Bonchev–Trinajstić information content (AvgIpc) is 3.27. The molecule has 0 aliphatic heterocycles. The molecule has 1 saturated carbocycles. The molecule has 0 spiro atoms. The predicted octanol–water partition coefficient (Wildman–Crippen LogP) is 6.06. The van der Waals surface area contributed by atoms with Gasteiger partial charge in [-0.2, -0.15) is 0 Å². The Bertz CT molecular complexity index is 874. The van der Waals surface area contributed by atoms with Gasteiger partial charge in [0.2, 0.25) is 5.78 Å². The van der Waals surface area contributed by atoms with Crippen LogP contribution in [0.15, 0.2) is 28.7 Å². The lowest BCUT2D eigenvalue weighted by atomic mass is 9.76. The maximum Gasteiger partial charge on any atom is 0.202 e. The van der Waals surface area contributed by atoms with E-state index in [-0.39, 0.29) is 11.7 Å². The number of rotatable bonds is 5. The molecule has 2 aliphatic rings. The van der Waals surface area contributed by atoms with Crippen molar-refractivity contribution >= 4 is 5.78 Å². The smallest absolute Gasteiger partial charge is 0.202 e. The van der Waals surface area contributed by atoms with E-state index in [1.165, 1.54) is 11.1 Å². The molecule has 1 N–H and O–H groups in total. The normalized spacial score (nSPS) is 26.1. The summed E-state index contributed by atoms with van der Waals surface area (Å²) >= 11 is 0. The Balaban J connectivity index is 1.69. The highest BCUT2D eigenvalue weighted by molar-refractivity contribution is 5.95. The summed E-state index contributed by atoms with van der Waals surface area (Å²) in [7, 11) is 0. The number of hydrogen-bond donors (Lipinski definition) is 1.